The summed E-state index contributed by atoms with van der Waals surface area (Å²) < 4.78 is 0. The molecule has 4 heterocycles. The van der Waals surface area contributed by atoms with E-state index in [0.29, 0.717) is 17.5 Å². The van der Waals surface area contributed by atoms with Crippen LogP contribution >= 0.6 is 0 Å². The number of hydrogen-bond donors (Lipinski definition) is 0. The van der Waals surface area contributed by atoms with Gasteiger partial charge < -0.3 is 9.80 Å². The third kappa shape index (κ3) is 2.62. The Hall–Kier alpha value is -2.57. The number of nitrogens with zero attached hydrogens (tertiary/aromatic N) is 6. The first-order valence-corrected chi connectivity index (χ1v) is 7.79. The lowest BCUT2D eigenvalue weighted by molar-refractivity contribution is 0.0776. The Morgan fingerprint density at radius 2 is 1.87 bits per heavy atom. The molecule has 0 spiro atoms. The molecule has 2 aromatic rings. The van der Waals surface area contributed by atoms with Crippen LogP contribution in [0.4, 0.5) is 5.82 Å². The van der Waals surface area contributed by atoms with Gasteiger partial charge in [-0.2, -0.15) is 0 Å². The standard InChI is InChI=1S/C16H18N6O/c1-11-4-15(20-10-19-11)21-6-12-8-22(9-13(12)7-21)16(23)14-5-17-2-3-18-14/h2-5,10,12-13H,6-9H2,1H3. The van der Waals surface area contributed by atoms with E-state index in [1.807, 2.05) is 17.9 Å². The van der Waals surface area contributed by atoms with Gasteiger partial charge >= 0.3 is 0 Å². The van der Waals surface area contributed by atoms with Gasteiger partial charge in [-0.15, -0.1) is 0 Å². The minimum absolute atomic E-state index is 0.0167. The normalized spacial score (nSPS) is 23.2. The Morgan fingerprint density at radius 3 is 2.52 bits per heavy atom. The topological polar surface area (TPSA) is 75.1 Å². The van der Waals surface area contributed by atoms with E-state index in [0.717, 1.165) is 37.7 Å². The van der Waals surface area contributed by atoms with Gasteiger partial charge in [0.2, 0.25) is 0 Å². The Kier molecular flexibility index (Phi) is 3.40. The Labute approximate surface area is 134 Å². The summed E-state index contributed by atoms with van der Waals surface area (Å²) in [6.07, 6.45) is 6.29. The minimum Gasteiger partial charge on any atom is -0.356 e. The van der Waals surface area contributed by atoms with Crippen LogP contribution in [0.15, 0.2) is 31.0 Å². The van der Waals surface area contributed by atoms with E-state index in [4.69, 9.17) is 0 Å². The van der Waals surface area contributed by atoms with E-state index in [1.165, 1.54) is 6.20 Å². The third-order valence-corrected chi connectivity index (χ3v) is 4.67. The molecule has 2 fully saturated rings. The summed E-state index contributed by atoms with van der Waals surface area (Å²) in [7, 11) is 0. The average Bonchev–Trinajstić information content (AvgIpc) is 3.14. The molecule has 7 nitrogen and oxygen atoms in total. The van der Waals surface area contributed by atoms with Crippen molar-refractivity contribution in [3.63, 3.8) is 0 Å². The molecule has 2 aliphatic heterocycles. The molecule has 23 heavy (non-hydrogen) atoms. The van der Waals surface area contributed by atoms with Crippen LogP contribution in [0.1, 0.15) is 16.2 Å². The molecule has 2 aromatic heterocycles. The molecule has 1 amide bonds. The summed E-state index contributed by atoms with van der Waals surface area (Å²) in [6, 6.07) is 2.02. The van der Waals surface area contributed by atoms with Gasteiger partial charge in [-0.3, -0.25) is 9.78 Å². The lowest BCUT2D eigenvalue weighted by Gasteiger charge is -2.22. The van der Waals surface area contributed by atoms with Crippen LogP contribution in [0.3, 0.4) is 0 Å². The van der Waals surface area contributed by atoms with Gasteiger partial charge in [0.15, 0.2) is 0 Å². The first-order valence-electron chi connectivity index (χ1n) is 7.79. The van der Waals surface area contributed by atoms with Crippen LogP contribution in [0.5, 0.6) is 0 Å². The maximum Gasteiger partial charge on any atom is 0.274 e. The molecule has 118 valence electrons. The van der Waals surface area contributed by atoms with Gasteiger partial charge in [0.25, 0.3) is 5.91 Å². The van der Waals surface area contributed by atoms with Crippen molar-refractivity contribution in [3.8, 4) is 0 Å². The number of carbonyl (C=O) groups excluding carboxylic acids is 1. The van der Waals surface area contributed by atoms with Gasteiger partial charge in [0, 0.05) is 62.2 Å². The molecule has 7 heteroatoms. The second kappa shape index (κ2) is 5.57. The molecule has 2 aliphatic rings. The maximum absolute atomic E-state index is 12.5. The summed E-state index contributed by atoms with van der Waals surface area (Å²) in [4.78, 5) is 33.3. The zero-order valence-corrected chi connectivity index (χ0v) is 13.0. The van der Waals surface area contributed by atoms with E-state index in [9.17, 15) is 4.79 Å². The van der Waals surface area contributed by atoms with Crippen molar-refractivity contribution in [2.24, 2.45) is 11.8 Å². The number of aromatic nitrogens is 4. The number of anilines is 1. The van der Waals surface area contributed by atoms with Crippen LogP contribution in [0, 0.1) is 18.8 Å². The molecule has 2 atom stereocenters. The number of likely N-dealkylation sites (tertiary alicyclic amines) is 1. The van der Waals surface area contributed by atoms with E-state index in [1.54, 1.807) is 18.7 Å². The summed E-state index contributed by atoms with van der Waals surface area (Å²) in [5.74, 6) is 1.95. The predicted molar refractivity (Wildman–Crippen MR) is 83.9 cm³/mol. The molecule has 0 saturated carbocycles. The highest BCUT2D eigenvalue weighted by Gasteiger charge is 2.42. The molecule has 4 rings (SSSR count). The van der Waals surface area contributed by atoms with Crippen molar-refractivity contribution in [1.82, 2.24) is 24.8 Å². The van der Waals surface area contributed by atoms with E-state index < -0.39 is 0 Å². The number of rotatable bonds is 2. The number of hydrogen-bond acceptors (Lipinski definition) is 6. The molecule has 0 aliphatic carbocycles. The lowest BCUT2D eigenvalue weighted by Crippen LogP contribution is -2.34. The van der Waals surface area contributed by atoms with E-state index >= 15 is 0 Å². The minimum atomic E-state index is -0.0167. The molecular weight excluding hydrogens is 292 g/mol. The quantitative estimate of drug-likeness (QED) is 0.816. The summed E-state index contributed by atoms with van der Waals surface area (Å²) in [5.41, 5.74) is 1.40. The smallest absolute Gasteiger partial charge is 0.274 e. The van der Waals surface area contributed by atoms with Crippen molar-refractivity contribution in [3.05, 3.63) is 42.4 Å². The lowest BCUT2D eigenvalue weighted by atomic mass is 10.0. The average molecular weight is 310 g/mol. The molecular formula is C16H18N6O. The van der Waals surface area contributed by atoms with E-state index in [2.05, 4.69) is 24.8 Å². The van der Waals surface area contributed by atoms with Crippen LogP contribution in [0.2, 0.25) is 0 Å². The highest BCUT2D eigenvalue weighted by Crippen LogP contribution is 2.33. The molecule has 2 saturated heterocycles. The van der Waals surface area contributed by atoms with Crippen molar-refractivity contribution in [2.75, 3.05) is 31.1 Å². The highest BCUT2D eigenvalue weighted by atomic mass is 16.2. The first-order chi connectivity index (χ1) is 11.2. The maximum atomic E-state index is 12.5. The van der Waals surface area contributed by atoms with Crippen molar-refractivity contribution < 1.29 is 4.79 Å². The highest BCUT2D eigenvalue weighted by molar-refractivity contribution is 5.92. The Bertz CT molecular complexity index is 708. The second-order valence-corrected chi connectivity index (χ2v) is 6.24. The van der Waals surface area contributed by atoms with Gasteiger partial charge in [-0.25, -0.2) is 15.0 Å². The molecule has 0 N–H and O–H groups in total. The summed E-state index contributed by atoms with van der Waals surface area (Å²) >= 11 is 0. The van der Waals surface area contributed by atoms with Crippen molar-refractivity contribution in [1.29, 1.82) is 0 Å². The number of aryl methyl sites for hydroxylation is 1. The van der Waals surface area contributed by atoms with Crippen molar-refractivity contribution in [2.45, 2.75) is 6.92 Å². The van der Waals surface area contributed by atoms with Crippen LogP contribution in [-0.2, 0) is 0 Å². The Balaban J connectivity index is 1.43. The number of amides is 1. The SMILES string of the molecule is Cc1cc(N2CC3CN(C(=O)c4cnccn4)CC3C2)ncn1. The van der Waals surface area contributed by atoms with Crippen molar-refractivity contribution >= 4 is 11.7 Å². The zero-order chi connectivity index (χ0) is 15.8. The molecule has 0 radical (unpaired) electrons. The van der Waals surface area contributed by atoms with Crippen LogP contribution in [-0.4, -0.2) is 56.9 Å². The number of carbonyl (C=O) groups is 1. The summed E-state index contributed by atoms with van der Waals surface area (Å²) in [6.45, 7) is 5.40. The van der Waals surface area contributed by atoms with Gasteiger partial charge in [-0.05, 0) is 6.92 Å². The fourth-order valence-electron chi connectivity index (χ4n) is 3.53. The fourth-order valence-corrected chi connectivity index (χ4v) is 3.53. The Morgan fingerprint density at radius 1 is 1.09 bits per heavy atom. The van der Waals surface area contributed by atoms with Gasteiger partial charge in [-0.1, -0.05) is 0 Å². The van der Waals surface area contributed by atoms with E-state index in [-0.39, 0.29) is 5.91 Å². The monoisotopic (exact) mass is 310 g/mol. The third-order valence-electron chi connectivity index (χ3n) is 4.67. The second-order valence-electron chi connectivity index (χ2n) is 6.24. The fraction of sp³-hybridized carbons (Fsp3) is 0.438. The molecule has 0 aromatic carbocycles. The predicted octanol–water partition coefficient (Wildman–Crippen LogP) is 0.783. The zero-order valence-electron chi connectivity index (χ0n) is 13.0. The summed E-state index contributed by atoms with van der Waals surface area (Å²) in [5, 5.41) is 0. The van der Waals surface area contributed by atoms with Gasteiger partial charge in [0.1, 0.15) is 17.8 Å². The number of fused-ring (bicyclic) bond motifs is 1. The first kappa shape index (κ1) is 14.0. The van der Waals surface area contributed by atoms with Crippen LogP contribution < -0.4 is 4.90 Å². The molecule has 2 unspecified atom stereocenters. The largest absolute Gasteiger partial charge is 0.356 e. The van der Waals surface area contributed by atoms with Gasteiger partial charge in [0.05, 0.1) is 6.20 Å². The van der Waals surface area contributed by atoms with Crippen LogP contribution in [0.25, 0.3) is 0 Å². The molecule has 0 bridgehead atoms.